The quantitative estimate of drug-likeness (QED) is 0.791. The lowest BCUT2D eigenvalue weighted by molar-refractivity contribution is 0.251. The molecule has 22 heavy (non-hydrogen) atoms. The van der Waals surface area contributed by atoms with Gasteiger partial charge in [0.2, 0.25) is 0 Å². The summed E-state index contributed by atoms with van der Waals surface area (Å²) >= 11 is 11.2. The third-order valence-corrected chi connectivity index (χ3v) is 5.56. The van der Waals surface area contributed by atoms with Crippen LogP contribution in [0.25, 0.3) is 0 Å². The zero-order valence-electron chi connectivity index (χ0n) is 11.8. The summed E-state index contributed by atoms with van der Waals surface area (Å²) in [6.45, 7) is 4.78. The van der Waals surface area contributed by atoms with Gasteiger partial charge in [-0.05, 0) is 40.2 Å². The lowest BCUT2D eigenvalue weighted by Gasteiger charge is -2.35. The summed E-state index contributed by atoms with van der Waals surface area (Å²) in [7, 11) is 0. The highest BCUT2D eigenvalue weighted by molar-refractivity contribution is 9.11. The van der Waals surface area contributed by atoms with Crippen molar-refractivity contribution in [2.24, 2.45) is 0 Å². The first kappa shape index (κ1) is 15.8. The fourth-order valence-corrected chi connectivity index (χ4v) is 4.15. The van der Waals surface area contributed by atoms with Gasteiger partial charge in [-0.25, -0.2) is 4.98 Å². The van der Waals surface area contributed by atoms with E-state index < -0.39 is 0 Å². The Kier molecular flexibility index (Phi) is 4.99. The minimum Gasteiger partial charge on any atom is -0.354 e. The van der Waals surface area contributed by atoms with Crippen LogP contribution in [0.4, 0.5) is 5.82 Å². The molecule has 1 saturated heterocycles. The van der Waals surface area contributed by atoms with Crippen molar-refractivity contribution >= 4 is 44.7 Å². The van der Waals surface area contributed by atoms with Gasteiger partial charge in [-0.15, -0.1) is 11.3 Å². The fourth-order valence-electron chi connectivity index (χ4n) is 2.48. The average molecular weight is 398 g/mol. The van der Waals surface area contributed by atoms with Gasteiger partial charge in [-0.3, -0.25) is 4.90 Å². The Bertz CT molecular complexity index is 704. The van der Waals surface area contributed by atoms with Crippen molar-refractivity contribution in [2.45, 2.75) is 6.54 Å². The van der Waals surface area contributed by atoms with Crippen molar-refractivity contribution in [3.8, 4) is 6.07 Å². The SMILES string of the molecule is N#Cc1nc(N2CCN(Cc3ccc(Br)s3)CC2)ccc1Cl. The standard InChI is InChI=1S/C15H14BrClN4S/c16-14-3-1-11(22-14)10-20-5-7-21(8-6-20)15-4-2-12(17)13(9-18)19-15/h1-4H,5-8,10H2. The zero-order valence-corrected chi connectivity index (χ0v) is 15.0. The van der Waals surface area contributed by atoms with E-state index in [1.54, 1.807) is 17.4 Å². The smallest absolute Gasteiger partial charge is 0.161 e. The van der Waals surface area contributed by atoms with Gasteiger partial charge in [-0.2, -0.15) is 5.26 Å². The van der Waals surface area contributed by atoms with Crippen LogP contribution in [0.2, 0.25) is 5.02 Å². The third kappa shape index (κ3) is 3.61. The second-order valence-electron chi connectivity index (χ2n) is 5.08. The number of aromatic nitrogens is 1. The third-order valence-electron chi connectivity index (χ3n) is 3.64. The molecular formula is C15H14BrClN4S. The highest BCUT2D eigenvalue weighted by atomic mass is 79.9. The molecule has 0 bridgehead atoms. The number of nitriles is 1. The van der Waals surface area contributed by atoms with Crippen LogP contribution in [-0.4, -0.2) is 36.1 Å². The van der Waals surface area contributed by atoms with Crippen molar-refractivity contribution in [1.29, 1.82) is 5.26 Å². The predicted molar refractivity (Wildman–Crippen MR) is 93.5 cm³/mol. The lowest BCUT2D eigenvalue weighted by Crippen LogP contribution is -2.46. The summed E-state index contributed by atoms with van der Waals surface area (Å²) in [5.74, 6) is 0.833. The number of rotatable bonds is 3. The molecule has 0 N–H and O–H groups in total. The van der Waals surface area contributed by atoms with Crippen molar-refractivity contribution in [3.63, 3.8) is 0 Å². The summed E-state index contributed by atoms with van der Waals surface area (Å²) in [6, 6.07) is 9.93. The van der Waals surface area contributed by atoms with Gasteiger partial charge in [0.15, 0.2) is 5.69 Å². The largest absolute Gasteiger partial charge is 0.354 e. The summed E-state index contributed by atoms with van der Waals surface area (Å²) in [6.07, 6.45) is 0. The molecule has 2 aromatic heterocycles. The van der Waals surface area contributed by atoms with E-state index in [0.29, 0.717) is 10.7 Å². The Labute approximate surface area is 147 Å². The Balaban J connectivity index is 1.61. The van der Waals surface area contributed by atoms with Crippen LogP contribution < -0.4 is 4.90 Å². The van der Waals surface area contributed by atoms with Gasteiger partial charge in [0.25, 0.3) is 0 Å². The molecule has 0 radical (unpaired) electrons. The summed E-state index contributed by atoms with van der Waals surface area (Å²) in [5.41, 5.74) is 0.296. The number of nitrogens with zero attached hydrogens (tertiary/aromatic N) is 4. The fraction of sp³-hybridized carbons (Fsp3) is 0.333. The van der Waals surface area contributed by atoms with Crippen LogP contribution in [0.3, 0.4) is 0 Å². The molecule has 3 rings (SSSR count). The maximum atomic E-state index is 9.02. The molecule has 2 aromatic rings. The molecule has 0 unspecified atom stereocenters. The van der Waals surface area contributed by atoms with Gasteiger partial charge in [0.1, 0.15) is 11.9 Å². The molecule has 0 spiro atoms. The molecule has 114 valence electrons. The summed E-state index contributed by atoms with van der Waals surface area (Å²) in [5, 5.41) is 9.43. The van der Waals surface area contributed by atoms with Gasteiger partial charge in [-0.1, -0.05) is 11.6 Å². The number of halogens is 2. The van der Waals surface area contributed by atoms with Crippen LogP contribution in [0.15, 0.2) is 28.1 Å². The van der Waals surface area contributed by atoms with Crippen LogP contribution in [0, 0.1) is 11.3 Å². The normalized spacial score (nSPS) is 15.8. The number of piperazine rings is 1. The van der Waals surface area contributed by atoms with Crippen molar-refractivity contribution < 1.29 is 0 Å². The Morgan fingerprint density at radius 2 is 2.00 bits per heavy atom. The van der Waals surface area contributed by atoms with Gasteiger partial charge >= 0.3 is 0 Å². The minimum absolute atomic E-state index is 0.296. The van der Waals surface area contributed by atoms with E-state index in [2.05, 4.69) is 42.8 Å². The second kappa shape index (κ2) is 6.97. The van der Waals surface area contributed by atoms with Crippen molar-refractivity contribution in [2.75, 3.05) is 31.1 Å². The van der Waals surface area contributed by atoms with Crippen LogP contribution in [0.1, 0.15) is 10.6 Å². The highest BCUT2D eigenvalue weighted by Crippen LogP contribution is 2.24. The number of hydrogen-bond acceptors (Lipinski definition) is 5. The monoisotopic (exact) mass is 396 g/mol. The number of pyridine rings is 1. The van der Waals surface area contributed by atoms with Gasteiger partial charge < -0.3 is 4.90 Å². The Morgan fingerprint density at radius 3 is 2.64 bits per heavy atom. The van der Waals surface area contributed by atoms with E-state index in [0.717, 1.165) is 38.5 Å². The minimum atomic E-state index is 0.296. The predicted octanol–water partition coefficient (Wildman–Crippen LogP) is 3.75. The maximum Gasteiger partial charge on any atom is 0.161 e. The molecule has 1 aliphatic heterocycles. The van der Waals surface area contributed by atoms with E-state index in [1.807, 2.05) is 12.1 Å². The molecule has 0 aromatic carbocycles. The molecule has 0 amide bonds. The molecule has 0 atom stereocenters. The van der Waals surface area contributed by atoms with Crippen molar-refractivity contribution in [3.05, 3.63) is 43.6 Å². The van der Waals surface area contributed by atoms with Crippen LogP contribution in [-0.2, 0) is 6.54 Å². The second-order valence-corrected chi connectivity index (χ2v) is 8.04. The van der Waals surface area contributed by atoms with Crippen LogP contribution in [0.5, 0.6) is 0 Å². The number of thiophene rings is 1. The number of anilines is 1. The van der Waals surface area contributed by atoms with Gasteiger partial charge in [0.05, 0.1) is 8.81 Å². The van der Waals surface area contributed by atoms with E-state index in [-0.39, 0.29) is 0 Å². The molecule has 1 fully saturated rings. The zero-order chi connectivity index (χ0) is 15.5. The van der Waals surface area contributed by atoms with E-state index in [9.17, 15) is 0 Å². The maximum absolute atomic E-state index is 9.02. The molecule has 4 nitrogen and oxygen atoms in total. The van der Waals surface area contributed by atoms with Crippen LogP contribution >= 0.6 is 38.9 Å². The summed E-state index contributed by atoms with van der Waals surface area (Å²) in [4.78, 5) is 10.4. The summed E-state index contributed by atoms with van der Waals surface area (Å²) < 4.78 is 1.18. The van der Waals surface area contributed by atoms with E-state index >= 15 is 0 Å². The van der Waals surface area contributed by atoms with Gasteiger partial charge in [0, 0.05) is 37.6 Å². The first-order valence-electron chi connectivity index (χ1n) is 6.94. The van der Waals surface area contributed by atoms with Crippen molar-refractivity contribution in [1.82, 2.24) is 9.88 Å². The first-order chi connectivity index (χ1) is 10.7. The van der Waals surface area contributed by atoms with E-state index in [1.165, 1.54) is 8.66 Å². The Morgan fingerprint density at radius 1 is 1.23 bits per heavy atom. The molecular weight excluding hydrogens is 384 g/mol. The Hall–Kier alpha value is -1.13. The molecule has 3 heterocycles. The molecule has 0 aliphatic carbocycles. The topological polar surface area (TPSA) is 43.2 Å². The lowest BCUT2D eigenvalue weighted by atomic mass is 10.2. The molecule has 0 saturated carbocycles. The average Bonchev–Trinajstić information content (AvgIpc) is 2.94. The molecule has 7 heteroatoms. The first-order valence-corrected chi connectivity index (χ1v) is 8.92. The molecule has 1 aliphatic rings. The van der Waals surface area contributed by atoms with E-state index in [4.69, 9.17) is 16.9 Å². The highest BCUT2D eigenvalue weighted by Gasteiger charge is 2.19. The number of hydrogen-bond donors (Lipinski definition) is 0.